The molecule has 6 heteroatoms. The molecule has 0 fully saturated rings. The van der Waals surface area contributed by atoms with Crippen molar-refractivity contribution in [1.82, 2.24) is 9.78 Å². The van der Waals surface area contributed by atoms with Crippen LogP contribution in [0.3, 0.4) is 0 Å². The van der Waals surface area contributed by atoms with Crippen molar-refractivity contribution in [2.45, 2.75) is 26.7 Å². The Balaban J connectivity index is 2.43. The maximum Gasteiger partial charge on any atom is 0.303 e. The van der Waals surface area contributed by atoms with Gasteiger partial charge in [0.25, 0.3) is 0 Å². The van der Waals surface area contributed by atoms with E-state index in [1.807, 2.05) is 0 Å². The van der Waals surface area contributed by atoms with Crippen molar-refractivity contribution in [2.75, 3.05) is 0 Å². The molecule has 0 amide bonds. The van der Waals surface area contributed by atoms with Crippen LogP contribution in [0, 0.1) is 19.7 Å². The first-order chi connectivity index (χ1) is 9.40. The molecule has 4 nitrogen and oxygen atoms in total. The molecular weight excluding hydrogens is 283 g/mol. The molecule has 0 aliphatic rings. The SMILES string of the molecule is Cc1nn(-c2ccc(Cl)cc2F)c(C)c1CCC(=O)O. The number of aliphatic carboxylic acids is 1. The molecule has 2 aromatic rings. The van der Waals surface area contributed by atoms with Crippen LogP contribution in [0.4, 0.5) is 4.39 Å². The highest BCUT2D eigenvalue weighted by Crippen LogP contribution is 2.23. The summed E-state index contributed by atoms with van der Waals surface area (Å²) in [6.45, 7) is 3.58. The normalized spacial score (nSPS) is 10.8. The van der Waals surface area contributed by atoms with E-state index in [1.54, 1.807) is 26.0 Å². The first-order valence-corrected chi connectivity index (χ1v) is 6.50. The first-order valence-electron chi connectivity index (χ1n) is 6.12. The van der Waals surface area contributed by atoms with Crippen LogP contribution < -0.4 is 0 Å². The van der Waals surface area contributed by atoms with Crippen molar-refractivity contribution in [1.29, 1.82) is 0 Å². The largest absolute Gasteiger partial charge is 0.481 e. The van der Waals surface area contributed by atoms with E-state index in [4.69, 9.17) is 16.7 Å². The summed E-state index contributed by atoms with van der Waals surface area (Å²) in [4.78, 5) is 10.7. The molecule has 0 saturated carbocycles. The number of hydrogen-bond acceptors (Lipinski definition) is 2. The second-order valence-corrected chi connectivity index (χ2v) is 4.99. The number of rotatable bonds is 4. The van der Waals surface area contributed by atoms with Gasteiger partial charge in [0.05, 0.1) is 5.69 Å². The van der Waals surface area contributed by atoms with E-state index in [0.717, 1.165) is 11.3 Å². The predicted molar refractivity (Wildman–Crippen MR) is 74.0 cm³/mol. The van der Waals surface area contributed by atoms with Crippen molar-refractivity contribution in [3.63, 3.8) is 0 Å². The van der Waals surface area contributed by atoms with E-state index in [2.05, 4.69) is 5.10 Å². The van der Waals surface area contributed by atoms with E-state index in [-0.39, 0.29) is 6.42 Å². The summed E-state index contributed by atoms with van der Waals surface area (Å²) in [7, 11) is 0. The monoisotopic (exact) mass is 296 g/mol. The Morgan fingerprint density at radius 1 is 1.45 bits per heavy atom. The molecule has 0 spiro atoms. The number of carbonyl (C=O) groups is 1. The number of aryl methyl sites for hydroxylation is 1. The minimum atomic E-state index is -0.866. The van der Waals surface area contributed by atoms with Gasteiger partial charge in [-0.1, -0.05) is 11.6 Å². The molecule has 0 atom stereocenters. The number of carboxylic acids is 1. The van der Waals surface area contributed by atoms with Gasteiger partial charge in [0.2, 0.25) is 0 Å². The standard InChI is InChI=1S/C14H14ClFN2O2/c1-8-11(4-6-14(19)20)9(2)18(17-8)13-5-3-10(15)7-12(13)16/h3,5,7H,4,6H2,1-2H3,(H,19,20). The maximum atomic E-state index is 13.9. The van der Waals surface area contributed by atoms with Gasteiger partial charge in [-0.05, 0) is 44.0 Å². The Morgan fingerprint density at radius 2 is 2.15 bits per heavy atom. The molecule has 0 aliphatic carbocycles. The average molecular weight is 297 g/mol. The molecule has 1 aromatic heterocycles. The summed E-state index contributed by atoms with van der Waals surface area (Å²) in [6.07, 6.45) is 0.401. The quantitative estimate of drug-likeness (QED) is 0.942. The van der Waals surface area contributed by atoms with Gasteiger partial charge < -0.3 is 5.11 Å². The lowest BCUT2D eigenvalue weighted by atomic mass is 10.1. The van der Waals surface area contributed by atoms with Crippen LogP contribution in [0.5, 0.6) is 0 Å². The van der Waals surface area contributed by atoms with Gasteiger partial charge >= 0.3 is 5.97 Å². The molecule has 106 valence electrons. The zero-order chi connectivity index (χ0) is 14.9. The number of halogens is 2. The van der Waals surface area contributed by atoms with Crippen molar-refractivity contribution < 1.29 is 14.3 Å². The zero-order valence-corrected chi connectivity index (χ0v) is 11.9. The Kier molecular flexibility index (Phi) is 4.09. The molecule has 2 rings (SSSR count). The summed E-state index contributed by atoms with van der Waals surface area (Å²) in [6, 6.07) is 4.37. The molecule has 20 heavy (non-hydrogen) atoms. The van der Waals surface area contributed by atoms with Crippen LogP contribution in [-0.4, -0.2) is 20.9 Å². The minimum Gasteiger partial charge on any atom is -0.481 e. The van der Waals surface area contributed by atoms with Crippen molar-refractivity contribution >= 4 is 17.6 Å². The summed E-state index contributed by atoms with van der Waals surface area (Å²) in [5, 5.41) is 13.4. The van der Waals surface area contributed by atoms with Crippen LogP contribution in [0.2, 0.25) is 5.02 Å². The highest BCUT2D eigenvalue weighted by molar-refractivity contribution is 6.30. The van der Waals surface area contributed by atoms with Crippen LogP contribution in [0.25, 0.3) is 5.69 Å². The van der Waals surface area contributed by atoms with Gasteiger partial charge in [-0.3, -0.25) is 4.79 Å². The highest BCUT2D eigenvalue weighted by Gasteiger charge is 2.16. The molecule has 0 bridgehead atoms. The van der Waals surface area contributed by atoms with Gasteiger partial charge in [0.15, 0.2) is 0 Å². The number of carboxylic acid groups (broad SMARTS) is 1. The average Bonchev–Trinajstić information content (AvgIpc) is 2.62. The molecule has 0 aliphatic heterocycles. The Morgan fingerprint density at radius 3 is 2.75 bits per heavy atom. The Hall–Kier alpha value is -1.88. The lowest BCUT2D eigenvalue weighted by Gasteiger charge is -2.07. The lowest BCUT2D eigenvalue weighted by Crippen LogP contribution is -2.03. The van der Waals surface area contributed by atoms with Crippen molar-refractivity contribution in [3.05, 3.63) is 46.0 Å². The molecule has 0 unspecified atom stereocenters. The second-order valence-electron chi connectivity index (χ2n) is 4.55. The molecule has 1 N–H and O–H groups in total. The van der Waals surface area contributed by atoms with Gasteiger partial charge in [-0.25, -0.2) is 9.07 Å². The van der Waals surface area contributed by atoms with Gasteiger partial charge in [-0.2, -0.15) is 5.10 Å². The lowest BCUT2D eigenvalue weighted by molar-refractivity contribution is -0.136. The Bertz CT molecular complexity index is 667. The molecule has 1 aromatic carbocycles. The van der Waals surface area contributed by atoms with Gasteiger partial charge in [-0.15, -0.1) is 0 Å². The smallest absolute Gasteiger partial charge is 0.303 e. The topological polar surface area (TPSA) is 55.1 Å². The number of hydrogen-bond donors (Lipinski definition) is 1. The fourth-order valence-electron chi connectivity index (χ4n) is 2.16. The zero-order valence-electron chi connectivity index (χ0n) is 11.2. The highest BCUT2D eigenvalue weighted by atomic mass is 35.5. The van der Waals surface area contributed by atoms with E-state index < -0.39 is 11.8 Å². The summed E-state index contributed by atoms with van der Waals surface area (Å²) in [5.41, 5.74) is 2.58. The van der Waals surface area contributed by atoms with Crippen LogP contribution >= 0.6 is 11.6 Å². The molecule has 0 radical (unpaired) electrons. The van der Waals surface area contributed by atoms with Crippen LogP contribution in [0.1, 0.15) is 23.4 Å². The summed E-state index contributed by atoms with van der Waals surface area (Å²) >= 11 is 5.73. The van der Waals surface area contributed by atoms with Crippen LogP contribution in [-0.2, 0) is 11.2 Å². The first kappa shape index (κ1) is 14.5. The fourth-order valence-corrected chi connectivity index (χ4v) is 2.32. The summed E-state index contributed by atoms with van der Waals surface area (Å²) in [5.74, 6) is -1.33. The van der Waals surface area contributed by atoms with Crippen molar-refractivity contribution in [2.24, 2.45) is 0 Å². The third-order valence-corrected chi connectivity index (χ3v) is 3.40. The van der Waals surface area contributed by atoms with Crippen LogP contribution in [0.15, 0.2) is 18.2 Å². The van der Waals surface area contributed by atoms with E-state index in [1.165, 1.54) is 10.7 Å². The molecular formula is C14H14ClFN2O2. The number of benzene rings is 1. The second kappa shape index (κ2) is 5.63. The minimum absolute atomic E-state index is 0.0243. The third-order valence-electron chi connectivity index (χ3n) is 3.17. The van der Waals surface area contributed by atoms with E-state index in [9.17, 15) is 9.18 Å². The fraction of sp³-hybridized carbons (Fsp3) is 0.286. The predicted octanol–water partition coefficient (Wildman–Crippen LogP) is 3.30. The van der Waals surface area contributed by atoms with Crippen molar-refractivity contribution in [3.8, 4) is 5.69 Å². The Labute approximate surface area is 120 Å². The maximum absolute atomic E-state index is 13.9. The number of nitrogens with zero attached hydrogens (tertiary/aromatic N) is 2. The van der Waals surface area contributed by atoms with Gasteiger partial charge in [0, 0.05) is 17.1 Å². The van der Waals surface area contributed by atoms with E-state index in [0.29, 0.717) is 22.8 Å². The van der Waals surface area contributed by atoms with Gasteiger partial charge in [0.1, 0.15) is 11.5 Å². The molecule has 0 saturated heterocycles. The number of aromatic nitrogens is 2. The third kappa shape index (κ3) is 2.82. The summed E-state index contributed by atoms with van der Waals surface area (Å²) < 4.78 is 15.4. The van der Waals surface area contributed by atoms with E-state index >= 15 is 0 Å². The molecule has 1 heterocycles.